The van der Waals surface area contributed by atoms with Crippen LogP contribution in [0.25, 0.3) is 0 Å². The summed E-state index contributed by atoms with van der Waals surface area (Å²) in [5.41, 5.74) is 3.05. The maximum atomic E-state index is 15.7. The fourth-order valence-corrected chi connectivity index (χ4v) is 9.91. The van der Waals surface area contributed by atoms with E-state index in [0.29, 0.717) is 18.1 Å². The first-order valence-electron chi connectivity index (χ1n) is 11.5. The molecule has 0 bridgehead atoms. The van der Waals surface area contributed by atoms with Gasteiger partial charge in [0.2, 0.25) is 0 Å². The van der Waals surface area contributed by atoms with Crippen molar-refractivity contribution in [2.24, 2.45) is 0 Å². The predicted octanol–water partition coefficient (Wildman–Crippen LogP) is 7.81. The standard InChI is InChI=1S/C26H28BrClN3OP/c27-25-20-21(28)14-15-24(25)26(29-16-8-3-9-17-29)33(32)30(22-10-4-1-5-11-22)18-19-31(33)23-12-6-2-7-13-23/h1-2,4-7,10-15,20,26H,3,8-9,16-19H2. The lowest BCUT2D eigenvalue weighted by molar-refractivity contribution is 0.206. The first kappa shape index (κ1) is 23.0. The van der Waals surface area contributed by atoms with Crippen LogP contribution in [-0.2, 0) is 4.57 Å². The Hall–Kier alpha value is -1.78. The summed E-state index contributed by atoms with van der Waals surface area (Å²) < 4.78 is 20.9. The summed E-state index contributed by atoms with van der Waals surface area (Å²) in [6, 6.07) is 26.3. The molecule has 2 aliphatic rings. The molecule has 172 valence electrons. The van der Waals surface area contributed by atoms with E-state index in [4.69, 9.17) is 11.6 Å². The summed E-state index contributed by atoms with van der Waals surface area (Å²) in [7, 11) is -3.16. The van der Waals surface area contributed by atoms with Crippen molar-refractivity contribution in [3.63, 3.8) is 0 Å². The third kappa shape index (κ3) is 4.37. The molecule has 3 aromatic rings. The van der Waals surface area contributed by atoms with Crippen LogP contribution in [-0.4, -0.2) is 31.1 Å². The predicted molar refractivity (Wildman–Crippen MR) is 142 cm³/mol. The van der Waals surface area contributed by atoms with Crippen LogP contribution in [0, 0.1) is 0 Å². The minimum atomic E-state index is -3.16. The molecule has 4 nitrogen and oxygen atoms in total. The van der Waals surface area contributed by atoms with Crippen LogP contribution in [0.15, 0.2) is 83.3 Å². The molecule has 1 atom stereocenters. The summed E-state index contributed by atoms with van der Waals surface area (Å²) in [4.78, 5) is 2.44. The van der Waals surface area contributed by atoms with E-state index in [1.54, 1.807) is 0 Å². The summed E-state index contributed by atoms with van der Waals surface area (Å²) >= 11 is 10.1. The number of para-hydroxylation sites is 2. The zero-order valence-electron chi connectivity index (χ0n) is 18.5. The van der Waals surface area contributed by atoms with Crippen LogP contribution in [0.3, 0.4) is 0 Å². The molecule has 3 aromatic carbocycles. The number of halogens is 2. The molecule has 2 aliphatic heterocycles. The molecule has 0 amide bonds. The van der Waals surface area contributed by atoms with Gasteiger partial charge in [-0.1, -0.05) is 76.4 Å². The highest BCUT2D eigenvalue weighted by atomic mass is 79.9. The molecule has 2 fully saturated rings. The average molecular weight is 545 g/mol. The van der Waals surface area contributed by atoms with E-state index in [0.717, 1.165) is 47.3 Å². The van der Waals surface area contributed by atoms with E-state index in [2.05, 4.69) is 60.5 Å². The summed E-state index contributed by atoms with van der Waals surface area (Å²) in [6.45, 7) is 3.31. The molecule has 0 spiro atoms. The highest BCUT2D eigenvalue weighted by Gasteiger charge is 2.52. The van der Waals surface area contributed by atoms with E-state index in [1.165, 1.54) is 6.42 Å². The molecular weight excluding hydrogens is 517 g/mol. The second kappa shape index (κ2) is 9.84. The zero-order chi connectivity index (χ0) is 22.8. The minimum Gasteiger partial charge on any atom is -0.304 e. The molecule has 0 N–H and O–H groups in total. The molecule has 2 heterocycles. The van der Waals surface area contributed by atoms with Gasteiger partial charge in [0.05, 0.1) is 0 Å². The molecule has 7 heteroatoms. The largest absolute Gasteiger partial charge is 0.304 e. The molecule has 0 aromatic heterocycles. The van der Waals surface area contributed by atoms with E-state index in [1.807, 2.05) is 48.5 Å². The molecule has 33 heavy (non-hydrogen) atoms. The Bertz CT molecular complexity index is 1090. The van der Waals surface area contributed by atoms with Gasteiger partial charge < -0.3 is 9.34 Å². The van der Waals surface area contributed by atoms with Gasteiger partial charge in [0.25, 0.3) is 7.44 Å². The Balaban J connectivity index is 1.71. The van der Waals surface area contributed by atoms with Crippen LogP contribution < -0.4 is 9.34 Å². The minimum absolute atomic E-state index is 0.271. The summed E-state index contributed by atoms with van der Waals surface area (Å²) in [5, 5.41) is 0.674. The van der Waals surface area contributed by atoms with Crippen molar-refractivity contribution in [3.8, 4) is 0 Å². The van der Waals surface area contributed by atoms with Gasteiger partial charge in [-0.2, -0.15) is 0 Å². The zero-order valence-corrected chi connectivity index (χ0v) is 21.7. The second-order valence-corrected chi connectivity index (χ2v) is 12.6. The van der Waals surface area contributed by atoms with Gasteiger partial charge in [-0.15, -0.1) is 0 Å². The van der Waals surface area contributed by atoms with Crippen molar-refractivity contribution in [1.29, 1.82) is 0 Å². The quantitative estimate of drug-likeness (QED) is 0.306. The van der Waals surface area contributed by atoms with Gasteiger partial charge in [-0.3, -0.25) is 9.46 Å². The van der Waals surface area contributed by atoms with Gasteiger partial charge in [0, 0.05) is 34.0 Å². The highest BCUT2D eigenvalue weighted by molar-refractivity contribution is 9.10. The van der Waals surface area contributed by atoms with Crippen LogP contribution >= 0.6 is 35.0 Å². The van der Waals surface area contributed by atoms with Gasteiger partial charge in [-0.05, 0) is 67.9 Å². The van der Waals surface area contributed by atoms with Gasteiger partial charge in [0.15, 0.2) is 0 Å². The van der Waals surface area contributed by atoms with Gasteiger partial charge in [0.1, 0.15) is 5.78 Å². The third-order valence-electron chi connectivity index (χ3n) is 6.62. The molecule has 0 aliphatic carbocycles. The van der Waals surface area contributed by atoms with Crippen LogP contribution in [0.5, 0.6) is 0 Å². The average Bonchev–Trinajstić information content (AvgIpc) is 3.20. The van der Waals surface area contributed by atoms with Crippen molar-refractivity contribution < 1.29 is 4.57 Å². The Morgan fingerprint density at radius 2 is 1.30 bits per heavy atom. The number of rotatable bonds is 5. The van der Waals surface area contributed by atoms with E-state index < -0.39 is 7.44 Å². The molecule has 1 unspecified atom stereocenters. The SMILES string of the molecule is O=P1(C(c2ccc(Cl)cc2Br)N2CCCCC2)N(c2ccccc2)CCN1c1ccccc1. The molecule has 5 rings (SSSR count). The van der Waals surface area contributed by atoms with Crippen molar-refractivity contribution in [1.82, 2.24) is 4.90 Å². The van der Waals surface area contributed by atoms with E-state index in [9.17, 15) is 0 Å². The van der Waals surface area contributed by atoms with Crippen LogP contribution in [0.4, 0.5) is 11.4 Å². The van der Waals surface area contributed by atoms with Crippen LogP contribution in [0.2, 0.25) is 5.02 Å². The summed E-state index contributed by atoms with van der Waals surface area (Å²) in [5.74, 6) is -0.271. The number of hydrogen-bond acceptors (Lipinski definition) is 2. The topological polar surface area (TPSA) is 26.8 Å². The third-order valence-corrected chi connectivity index (χ3v) is 11.0. The smallest absolute Gasteiger partial charge is 0.284 e. The lowest BCUT2D eigenvalue weighted by Gasteiger charge is -2.44. The first-order valence-corrected chi connectivity index (χ1v) is 14.4. The monoisotopic (exact) mass is 543 g/mol. The lowest BCUT2D eigenvalue weighted by atomic mass is 10.1. The Morgan fingerprint density at radius 1 is 0.758 bits per heavy atom. The Kier molecular flexibility index (Phi) is 6.85. The van der Waals surface area contributed by atoms with Crippen molar-refractivity contribution >= 4 is 46.3 Å². The number of hydrogen-bond donors (Lipinski definition) is 0. The van der Waals surface area contributed by atoms with E-state index in [-0.39, 0.29) is 5.78 Å². The summed E-state index contributed by atoms with van der Waals surface area (Å²) in [6.07, 6.45) is 3.47. The number of piperidine rings is 1. The number of nitrogens with zero attached hydrogens (tertiary/aromatic N) is 3. The van der Waals surface area contributed by atoms with Crippen molar-refractivity contribution in [3.05, 3.63) is 93.9 Å². The van der Waals surface area contributed by atoms with Crippen molar-refractivity contribution in [2.75, 3.05) is 35.5 Å². The number of likely N-dealkylation sites (tertiary alicyclic amines) is 1. The fraction of sp³-hybridized carbons (Fsp3) is 0.308. The Labute approximate surface area is 209 Å². The maximum Gasteiger partial charge on any atom is 0.284 e. The fourth-order valence-electron chi connectivity index (χ4n) is 5.12. The van der Waals surface area contributed by atoms with Gasteiger partial charge in [-0.25, -0.2) is 0 Å². The molecule has 0 saturated carbocycles. The first-order chi connectivity index (χ1) is 16.1. The van der Waals surface area contributed by atoms with Gasteiger partial charge >= 0.3 is 0 Å². The maximum absolute atomic E-state index is 15.7. The number of anilines is 2. The normalized spacial score (nSPS) is 19.6. The van der Waals surface area contributed by atoms with Crippen molar-refractivity contribution in [2.45, 2.75) is 25.0 Å². The lowest BCUT2D eigenvalue weighted by Crippen LogP contribution is -2.38. The molecule has 0 radical (unpaired) electrons. The highest BCUT2D eigenvalue weighted by Crippen LogP contribution is 2.70. The molecular formula is C26H28BrClN3OP. The van der Waals surface area contributed by atoms with Crippen LogP contribution in [0.1, 0.15) is 30.6 Å². The Morgan fingerprint density at radius 3 is 1.82 bits per heavy atom. The molecule has 2 saturated heterocycles. The number of benzene rings is 3. The van der Waals surface area contributed by atoms with E-state index >= 15 is 4.57 Å². The second-order valence-electron chi connectivity index (χ2n) is 8.64.